The van der Waals surface area contributed by atoms with Gasteiger partial charge < -0.3 is 0 Å². The Hall–Kier alpha value is -3.44. The highest BCUT2D eigenvalue weighted by molar-refractivity contribution is 7.98. The van der Waals surface area contributed by atoms with Gasteiger partial charge in [-0.1, -0.05) is 42.5 Å². The quantitative estimate of drug-likeness (QED) is 0.438. The summed E-state index contributed by atoms with van der Waals surface area (Å²) in [6, 6.07) is 19.9. The van der Waals surface area contributed by atoms with Crippen LogP contribution < -0.4 is 0 Å². The summed E-state index contributed by atoms with van der Waals surface area (Å²) in [6.07, 6.45) is 1.83. The van der Waals surface area contributed by atoms with E-state index in [0.29, 0.717) is 17.9 Å². The van der Waals surface area contributed by atoms with E-state index in [-0.39, 0.29) is 0 Å². The molecule has 0 amide bonds. The number of hydrogen-bond donors (Lipinski definition) is 0. The van der Waals surface area contributed by atoms with Crippen LogP contribution >= 0.6 is 11.8 Å². The van der Waals surface area contributed by atoms with Gasteiger partial charge in [0.05, 0.1) is 29.9 Å². The molecule has 0 saturated heterocycles. The second-order valence-corrected chi connectivity index (χ2v) is 7.39. The van der Waals surface area contributed by atoms with E-state index in [4.69, 9.17) is 5.26 Å². The molecule has 0 bridgehead atoms. The monoisotopic (exact) mass is 401 g/mol. The summed E-state index contributed by atoms with van der Waals surface area (Å²) in [5.74, 6) is 1.53. The van der Waals surface area contributed by atoms with Gasteiger partial charge in [-0.25, -0.2) is 4.68 Å². The molecular formula is C21H19N7S. The van der Waals surface area contributed by atoms with E-state index < -0.39 is 0 Å². The van der Waals surface area contributed by atoms with Gasteiger partial charge in [-0.3, -0.25) is 4.68 Å². The Morgan fingerprint density at radius 2 is 1.79 bits per heavy atom. The van der Waals surface area contributed by atoms with Crippen LogP contribution in [-0.2, 0) is 18.8 Å². The number of benzene rings is 2. The molecule has 0 saturated carbocycles. The highest BCUT2D eigenvalue weighted by Gasteiger charge is 2.19. The third kappa shape index (κ3) is 4.20. The molecule has 144 valence electrons. The molecular weight excluding hydrogens is 382 g/mol. The Kier molecular flexibility index (Phi) is 5.68. The highest BCUT2D eigenvalue weighted by Crippen LogP contribution is 2.32. The Bertz CT molecular complexity index is 1120. The van der Waals surface area contributed by atoms with Gasteiger partial charge in [-0.15, -0.1) is 16.9 Å². The zero-order valence-electron chi connectivity index (χ0n) is 15.9. The molecule has 0 aliphatic heterocycles. The number of aryl methyl sites for hydroxylation is 1. The van der Waals surface area contributed by atoms with Crippen molar-refractivity contribution >= 4 is 11.8 Å². The van der Waals surface area contributed by atoms with Gasteiger partial charge in [0.15, 0.2) is 5.82 Å². The summed E-state index contributed by atoms with van der Waals surface area (Å²) in [6.45, 7) is 3.37. The van der Waals surface area contributed by atoms with Gasteiger partial charge in [0.2, 0.25) is 0 Å². The summed E-state index contributed by atoms with van der Waals surface area (Å²) < 4.78 is 3.74. The minimum atomic E-state index is 0.522. The molecule has 2 aromatic carbocycles. The Labute approximate surface area is 173 Å². The molecule has 0 N–H and O–H groups in total. The topological polar surface area (TPSA) is 85.2 Å². The van der Waals surface area contributed by atoms with Crippen molar-refractivity contribution in [2.45, 2.75) is 30.8 Å². The van der Waals surface area contributed by atoms with E-state index in [9.17, 15) is 0 Å². The van der Waals surface area contributed by atoms with Crippen LogP contribution in [-0.4, -0.2) is 30.0 Å². The van der Waals surface area contributed by atoms with Crippen molar-refractivity contribution in [3.05, 3.63) is 77.5 Å². The van der Waals surface area contributed by atoms with E-state index in [2.05, 4.69) is 45.7 Å². The molecule has 7 nitrogen and oxygen atoms in total. The fourth-order valence-corrected chi connectivity index (χ4v) is 4.11. The molecule has 0 spiro atoms. The number of nitrogens with zero attached hydrogens (tertiary/aromatic N) is 7. The van der Waals surface area contributed by atoms with E-state index >= 15 is 0 Å². The van der Waals surface area contributed by atoms with Crippen molar-refractivity contribution in [1.82, 2.24) is 30.0 Å². The lowest BCUT2D eigenvalue weighted by molar-refractivity contribution is 0.605. The molecule has 4 aromatic rings. The highest BCUT2D eigenvalue weighted by atomic mass is 32.2. The SMILES string of the molecule is CCn1ncc(-c2nnnn2Cc2ccc(C#N)cc2)c1SCc1ccccc1. The van der Waals surface area contributed by atoms with Gasteiger partial charge in [-0.05, 0) is 40.6 Å². The molecule has 0 atom stereocenters. The van der Waals surface area contributed by atoms with Gasteiger partial charge in [0, 0.05) is 12.3 Å². The van der Waals surface area contributed by atoms with Crippen LogP contribution in [0.1, 0.15) is 23.6 Å². The van der Waals surface area contributed by atoms with Crippen molar-refractivity contribution in [1.29, 1.82) is 5.26 Å². The van der Waals surface area contributed by atoms with Crippen LogP contribution in [0.5, 0.6) is 0 Å². The molecule has 0 fully saturated rings. The number of aromatic nitrogens is 6. The maximum atomic E-state index is 8.97. The zero-order valence-corrected chi connectivity index (χ0v) is 16.8. The zero-order chi connectivity index (χ0) is 20.1. The first kappa shape index (κ1) is 18.9. The van der Waals surface area contributed by atoms with Crippen LogP contribution in [0.3, 0.4) is 0 Å². The average molecular weight is 401 g/mol. The van der Waals surface area contributed by atoms with Gasteiger partial charge in [0.1, 0.15) is 5.03 Å². The summed E-state index contributed by atoms with van der Waals surface area (Å²) in [5.41, 5.74) is 3.84. The fourth-order valence-electron chi connectivity index (χ4n) is 2.99. The fraction of sp³-hybridized carbons (Fsp3) is 0.190. The molecule has 2 heterocycles. The largest absolute Gasteiger partial charge is 0.259 e. The third-order valence-electron chi connectivity index (χ3n) is 4.50. The Morgan fingerprint density at radius 1 is 1.00 bits per heavy atom. The molecule has 0 aliphatic rings. The first-order valence-electron chi connectivity index (χ1n) is 9.26. The van der Waals surface area contributed by atoms with E-state index in [0.717, 1.165) is 28.5 Å². The molecule has 0 aliphatic carbocycles. The molecule has 29 heavy (non-hydrogen) atoms. The minimum absolute atomic E-state index is 0.522. The van der Waals surface area contributed by atoms with Crippen LogP contribution in [0.15, 0.2) is 65.8 Å². The lowest BCUT2D eigenvalue weighted by Gasteiger charge is -2.09. The van der Waals surface area contributed by atoms with Crippen molar-refractivity contribution in [2.75, 3.05) is 0 Å². The summed E-state index contributed by atoms with van der Waals surface area (Å²) in [7, 11) is 0. The first-order chi connectivity index (χ1) is 14.3. The lowest BCUT2D eigenvalue weighted by atomic mass is 10.1. The predicted molar refractivity (Wildman–Crippen MR) is 111 cm³/mol. The first-order valence-corrected chi connectivity index (χ1v) is 10.2. The smallest absolute Gasteiger partial charge is 0.186 e. The number of nitriles is 1. The summed E-state index contributed by atoms with van der Waals surface area (Å²) in [4.78, 5) is 0. The molecule has 2 aromatic heterocycles. The maximum Gasteiger partial charge on any atom is 0.186 e. The molecule has 8 heteroatoms. The van der Waals surface area contributed by atoms with Crippen LogP contribution in [0, 0.1) is 11.3 Å². The minimum Gasteiger partial charge on any atom is -0.259 e. The number of hydrogen-bond acceptors (Lipinski definition) is 6. The molecule has 4 rings (SSSR count). The predicted octanol–water partition coefficient (Wildman–Crippen LogP) is 3.77. The van der Waals surface area contributed by atoms with Gasteiger partial charge in [0.25, 0.3) is 0 Å². The van der Waals surface area contributed by atoms with Crippen LogP contribution in [0.4, 0.5) is 0 Å². The van der Waals surface area contributed by atoms with Crippen molar-refractivity contribution in [2.24, 2.45) is 0 Å². The van der Waals surface area contributed by atoms with Crippen molar-refractivity contribution in [3.63, 3.8) is 0 Å². The molecule has 0 unspecified atom stereocenters. The van der Waals surface area contributed by atoms with Gasteiger partial charge in [-0.2, -0.15) is 10.4 Å². The average Bonchev–Trinajstić information content (AvgIpc) is 3.39. The number of rotatable bonds is 7. The summed E-state index contributed by atoms with van der Waals surface area (Å²) in [5, 5.41) is 26.9. The molecule has 0 radical (unpaired) electrons. The number of tetrazole rings is 1. The van der Waals surface area contributed by atoms with Gasteiger partial charge >= 0.3 is 0 Å². The van der Waals surface area contributed by atoms with E-state index in [1.807, 2.05) is 41.2 Å². The maximum absolute atomic E-state index is 8.97. The second kappa shape index (κ2) is 8.71. The normalized spacial score (nSPS) is 10.8. The lowest BCUT2D eigenvalue weighted by Crippen LogP contribution is -2.05. The standard InChI is InChI=1S/C21H19N7S/c1-2-27-21(29-15-18-6-4-3-5-7-18)19(13-23-27)20-24-25-26-28(20)14-17-10-8-16(12-22)9-11-17/h3-11,13H,2,14-15H2,1H3. The van der Waals surface area contributed by atoms with E-state index in [1.54, 1.807) is 28.6 Å². The third-order valence-corrected chi connectivity index (χ3v) is 5.68. The van der Waals surface area contributed by atoms with Crippen LogP contribution in [0.25, 0.3) is 11.4 Å². The van der Waals surface area contributed by atoms with Crippen LogP contribution in [0.2, 0.25) is 0 Å². The van der Waals surface area contributed by atoms with Crippen molar-refractivity contribution < 1.29 is 0 Å². The Balaban J connectivity index is 1.61. The summed E-state index contributed by atoms with van der Waals surface area (Å²) >= 11 is 1.73. The number of thioether (sulfide) groups is 1. The van der Waals surface area contributed by atoms with Crippen molar-refractivity contribution in [3.8, 4) is 17.5 Å². The van der Waals surface area contributed by atoms with E-state index in [1.165, 1.54) is 5.56 Å². The second-order valence-electron chi connectivity index (χ2n) is 6.42. The Morgan fingerprint density at radius 3 is 2.52 bits per heavy atom.